The van der Waals surface area contributed by atoms with E-state index in [-0.39, 0.29) is 9.68 Å². The number of hydrogen-bond donors (Lipinski definition) is 0. The fraction of sp³-hybridized carbons (Fsp3) is 1.00. The van der Waals surface area contributed by atoms with Crippen molar-refractivity contribution >= 4 is 17.9 Å². The van der Waals surface area contributed by atoms with Crippen LogP contribution in [0.5, 0.6) is 0 Å². The molecule has 0 aliphatic rings. The second kappa shape index (κ2) is 15.0. The molecule has 0 aromatic rings. The molecule has 0 atom stereocenters. The fourth-order valence-corrected chi connectivity index (χ4v) is 8.52. The molecule has 0 aromatic heterocycles. The number of hydrogen-bond acceptors (Lipinski definition) is 1. The van der Waals surface area contributed by atoms with E-state index in [2.05, 4.69) is 37.7 Å². The highest BCUT2D eigenvalue weighted by Crippen LogP contribution is 2.14. The van der Waals surface area contributed by atoms with Gasteiger partial charge in [-0.2, -0.15) is 0 Å². The Hall–Kier alpha value is 0.394. The molecule has 0 aromatic carbocycles. The van der Waals surface area contributed by atoms with Gasteiger partial charge in [0.05, 0.1) is 9.68 Å². The SMILES string of the molecule is CCCCCCCC[SiH2]N(CCCCCCCC)[Si](C)(C)C. The van der Waals surface area contributed by atoms with Crippen molar-refractivity contribution in [3.63, 3.8) is 0 Å². The van der Waals surface area contributed by atoms with Crippen LogP contribution in [-0.2, 0) is 0 Å². The molecular formula is C19H45NSi2. The van der Waals surface area contributed by atoms with Gasteiger partial charge in [-0.3, -0.25) is 0 Å². The third-order valence-electron chi connectivity index (χ3n) is 4.76. The lowest BCUT2D eigenvalue weighted by Crippen LogP contribution is -2.48. The van der Waals surface area contributed by atoms with Crippen molar-refractivity contribution in [3.05, 3.63) is 0 Å². The highest BCUT2D eigenvalue weighted by molar-refractivity contribution is 6.79. The second-order valence-electron chi connectivity index (χ2n) is 8.05. The monoisotopic (exact) mass is 343 g/mol. The van der Waals surface area contributed by atoms with Crippen LogP contribution in [0.4, 0.5) is 0 Å². The quantitative estimate of drug-likeness (QED) is 0.233. The van der Waals surface area contributed by atoms with E-state index in [9.17, 15) is 0 Å². The van der Waals surface area contributed by atoms with Gasteiger partial charge in [-0.1, -0.05) is 110 Å². The van der Waals surface area contributed by atoms with Crippen molar-refractivity contribution in [2.45, 2.75) is 117 Å². The lowest BCUT2D eigenvalue weighted by Gasteiger charge is -2.34. The normalized spacial score (nSPS) is 12.8. The van der Waals surface area contributed by atoms with E-state index >= 15 is 0 Å². The molecule has 0 unspecified atom stereocenters. The summed E-state index contributed by atoms with van der Waals surface area (Å²) in [5, 5.41) is 0. The van der Waals surface area contributed by atoms with Crippen molar-refractivity contribution in [3.8, 4) is 0 Å². The van der Waals surface area contributed by atoms with Crippen molar-refractivity contribution in [1.82, 2.24) is 4.23 Å². The van der Waals surface area contributed by atoms with Crippen molar-refractivity contribution in [1.29, 1.82) is 0 Å². The first-order valence-electron chi connectivity index (χ1n) is 10.3. The molecule has 0 rings (SSSR count). The minimum Gasteiger partial charge on any atom is -0.350 e. The van der Waals surface area contributed by atoms with Crippen LogP contribution in [0.25, 0.3) is 0 Å². The van der Waals surface area contributed by atoms with Gasteiger partial charge in [0, 0.05) is 0 Å². The molecule has 0 fully saturated rings. The standard InChI is InChI=1S/C19H45NSi2/c1-6-8-10-12-14-16-18-20(22(3,4)5)21-19-17-15-13-11-9-7-2/h6-19,21H2,1-5H3. The maximum Gasteiger partial charge on any atom is 0.112 e. The molecule has 0 bridgehead atoms. The summed E-state index contributed by atoms with van der Waals surface area (Å²) >= 11 is 0. The van der Waals surface area contributed by atoms with Crippen LogP contribution in [0.2, 0.25) is 25.7 Å². The first-order chi connectivity index (χ1) is 10.5. The van der Waals surface area contributed by atoms with Crippen LogP contribution in [0.15, 0.2) is 0 Å². The van der Waals surface area contributed by atoms with Crippen LogP contribution in [0.1, 0.15) is 90.9 Å². The Bertz CT molecular complexity index is 226. The zero-order chi connectivity index (χ0) is 16.7. The maximum atomic E-state index is 3.00. The summed E-state index contributed by atoms with van der Waals surface area (Å²) in [6.45, 7) is 13.7. The van der Waals surface area contributed by atoms with Gasteiger partial charge < -0.3 is 4.23 Å². The number of rotatable bonds is 16. The van der Waals surface area contributed by atoms with E-state index < -0.39 is 8.24 Å². The summed E-state index contributed by atoms with van der Waals surface area (Å²) in [6, 6.07) is 1.56. The maximum absolute atomic E-state index is 3.00. The van der Waals surface area contributed by atoms with Gasteiger partial charge in [0.25, 0.3) is 0 Å². The molecule has 0 aliphatic carbocycles. The van der Waals surface area contributed by atoms with Crippen molar-refractivity contribution < 1.29 is 0 Å². The Balaban J connectivity index is 3.71. The first kappa shape index (κ1) is 22.4. The number of nitrogens with zero attached hydrogens (tertiary/aromatic N) is 1. The minimum absolute atomic E-state index is 0.0328. The molecule has 0 spiro atoms. The average Bonchev–Trinajstić information content (AvgIpc) is 2.46. The Labute approximate surface area is 145 Å². The van der Waals surface area contributed by atoms with Crippen LogP contribution < -0.4 is 0 Å². The molecule has 0 aliphatic heterocycles. The van der Waals surface area contributed by atoms with Crippen LogP contribution >= 0.6 is 0 Å². The Morgan fingerprint density at radius 3 is 1.59 bits per heavy atom. The summed E-state index contributed by atoms with van der Waals surface area (Å²) in [5.74, 6) is 0. The highest BCUT2D eigenvalue weighted by Gasteiger charge is 2.22. The Morgan fingerprint density at radius 1 is 0.636 bits per heavy atom. The molecule has 0 amide bonds. The molecule has 0 N–H and O–H groups in total. The Kier molecular flexibility index (Phi) is 15.2. The van der Waals surface area contributed by atoms with Gasteiger partial charge in [-0.25, -0.2) is 0 Å². The van der Waals surface area contributed by atoms with Crippen LogP contribution in [-0.4, -0.2) is 28.7 Å². The minimum atomic E-state index is -1.05. The average molecular weight is 344 g/mol. The molecule has 0 saturated heterocycles. The lowest BCUT2D eigenvalue weighted by atomic mass is 10.1. The molecule has 3 heteroatoms. The summed E-state index contributed by atoms with van der Waals surface area (Å²) in [4.78, 5) is 0. The van der Waals surface area contributed by atoms with E-state index in [1.165, 1.54) is 83.6 Å². The van der Waals surface area contributed by atoms with Crippen LogP contribution in [0.3, 0.4) is 0 Å². The van der Waals surface area contributed by atoms with E-state index in [0.29, 0.717) is 0 Å². The fourth-order valence-electron chi connectivity index (χ4n) is 3.13. The van der Waals surface area contributed by atoms with E-state index in [1.54, 1.807) is 6.04 Å². The zero-order valence-corrected chi connectivity index (χ0v) is 19.0. The van der Waals surface area contributed by atoms with E-state index in [4.69, 9.17) is 0 Å². The second-order valence-corrected chi connectivity index (χ2v) is 15.6. The van der Waals surface area contributed by atoms with E-state index in [0.717, 1.165) is 0 Å². The third kappa shape index (κ3) is 14.0. The van der Waals surface area contributed by atoms with Gasteiger partial charge in [-0.15, -0.1) is 0 Å². The molecule has 22 heavy (non-hydrogen) atoms. The van der Waals surface area contributed by atoms with Crippen molar-refractivity contribution in [2.75, 3.05) is 6.54 Å². The summed E-state index contributed by atoms with van der Waals surface area (Å²) in [6.07, 6.45) is 17.4. The Morgan fingerprint density at radius 2 is 1.09 bits per heavy atom. The topological polar surface area (TPSA) is 3.24 Å². The molecule has 0 heterocycles. The van der Waals surface area contributed by atoms with Crippen molar-refractivity contribution in [2.24, 2.45) is 0 Å². The molecule has 1 nitrogen and oxygen atoms in total. The predicted molar refractivity (Wildman–Crippen MR) is 110 cm³/mol. The molecule has 0 radical (unpaired) electrons. The van der Waals surface area contributed by atoms with Gasteiger partial charge in [0.15, 0.2) is 0 Å². The zero-order valence-electron chi connectivity index (χ0n) is 16.6. The first-order valence-corrected chi connectivity index (χ1v) is 15.3. The predicted octanol–water partition coefficient (Wildman–Crippen LogP) is 6.35. The van der Waals surface area contributed by atoms with Gasteiger partial charge in [0.2, 0.25) is 0 Å². The van der Waals surface area contributed by atoms with E-state index in [1.807, 2.05) is 0 Å². The number of unbranched alkanes of at least 4 members (excludes halogenated alkanes) is 10. The highest BCUT2D eigenvalue weighted by atomic mass is 28.4. The molecule has 134 valence electrons. The molecular weight excluding hydrogens is 298 g/mol. The van der Waals surface area contributed by atoms with Crippen LogP contribution in [0, 0.1) is 0 Å². The summed E-state index contributed by atoms with van der Waals surface area (Å²) < 4.78 is 3.00. The molecule has 0 saturated carbocycles. The largest absolute Gasteiger partial charge is 0.350 e. The summed E-state index contributed by atoms with van der Waals surface area (Å²) in [5.41, 5.74) is 0. The smallest absolute Gasteiger partial charge is 0.112 e. The van der Waals surface area contributed by atoms with Gasteiger partial charge in [-0.05, 0) is 13.0 Å². The third-order valence-corrected chi connectivity index (χ3v) is 12.1. The lowest BCUT2D eigenvalue weighted by molar-refractivity contribution is 0.541. The summed E-state index contributed by atoms with van der Waals surface area (Å²) in [7, 11) is -1.02. The van der Waals surface area contributed by atoms with Gasteiger partial charge >= 0.3 is 0 Å². The van der Waals surface area contributed by atoms with Gasteiger partial charge in [0.1, 0.15) is 8.24 Å².